The summed E-state index contributed by atoms with van der Waals surface area (Å²) in [6.07, 6.45) is 3.45. The Morgan fingerprint density at radius 1 is 1.36 bits per heavy atom. The molecule has 8 heteroatoms. The van der Waals surface area contributed by atoms with E-state index in [4.69, 9.17) is 23.2 Å². The molecule has 0 unspecified atom stereocenters. The third-order valence-electron chi connectivity index (χ3n) is 2.62. The van der Waals surface area contributed by atoms with Gasteiger partial charge < -0.3 is 9.40 Å². The van der Waals surface area contributed by atoms with E-state index in [1.165, 1.54) is 7.11 Å². The molecule has 114 valence electrons. The molecule has 0 aliphatic rings. The van der Waals surface area contributed by atoms with Gasteiger partial charge >= 0.3 is 5.91 Å². The Morgan fingerprint density at radius 2 is 2.18 bits per heavy atom. The van der Waals surface area contributed by atoms with Crippen molar-refractivity contribution in [1.29, 1.82) is 0 Å². The highest BCUT2D eigenvalue weighted by Crippen LogP contribution is 2.06. The third kappa shape index (κ3) is 4.41. The Hall–Kier alpha value is -2.18. The quantitative estimate of drug-likeness (QED) is 0.487. The fraction of sp³-hybridized carbons (Fsp3) is 0.143. The third-order valence-corrected chi connectivity index (χ3v) is 3.08. The SMILES string of the molecule is CON=C(Cl)C(=O)/N=c1\ccccn1Cc1ccc(Cl)nc1. The summed E-state index contributed by atoms with van der Waals surface area (Å²) >= 11 is 11.4. The number of hydrogen-bond donors (Lipinski definition) is 0. The lowest BCUT2D eigenvalue weighted by Gasteiger charge is -2.07. The normalized spacial score (nSPS) is 12.3. The first-order valence-corrected chi connectivity index (χ1v) is 6.97. The second-order valence-electron chi connectivity index (χ2n) is 4.16. The molecule has 2 rings (SSSR count). The van der Waals surface area contributed by atoms with E-state index < -0.39 is 5.91 Å². The molecule has 22 heavy (non-hydrogen) atoms. The Balaban J connectivity index is 2.32. The Kier molecular flexibility index (Phi) is 5.68. The standard InChI is InChI=1S/C14H12Cl2N4O2/c1-22-19-13(16)14(21)18-12-4-2-3-7-20(12)9-10-5-6-11(15)17-8-10/h2-8H,9H2,1H3/b18-12+,19-13?. The van der Waals surface area contributed by atoms with Crippen molar-refractivity contribution in [2.45, 2.75) is 6.54 Å². The van der Waals surface area contributed by atoms with Gasteiger partial charge in [-0.3, -0.25) is 4.79 Å². The lowest BCUT2D eigenvalue weighted by molar-refractivity contribution is -0.112. The second-order valence-corrected chi connectivity index (χ2v) is 4.90. The van der Waals surface area contributed by atoms with Crippen molar-refractivity contribution in [2.24, 2.45) is 10.1 Å². The first-order valence-electron chi connectivity index (χ1n) is 6.22. The van der Waals surface area contributed by atoms with E-state index in [-0.39, 0.29) is 5.17 Å². The van der Waals surface area contributed by atoms with E-state index in [0.29, 0.717) is 17.2 Å². The van der Waals surface area contributed by atoms with E-state index in [2.05, 4.69) is 20.0 Å². The average molecular weight is 339 g/mol. The molecular weight excluding hydrogens is 327 g/mol. The van der Waals surface area contributed by atoms with Crippen LogP contribution in [0.25, 0.3) is 0 Å². The number of carbonyl (C=O) groups is 1. The maximum Gasteiger partial charge on any atom is 0.312 e. The zero-order valence-electron chi connectivity index (χ0n) is 11.6. The van der Waals surface area contributed by atoms with Crippen molar-refractivity contribution >= 4 is 34.3 Å². The molecule has 0 aromatic carbocycles. The zero-order chi connectivity index (χ0) is 15.9. The van der Waals surface area contributed by atoms with Crippen LogP contribution >= 0.6 is 23.2 Å². The van der Waals surface area contributed by atoms with Crippen LogP contribution in [0.1, 0.15) is 5.56 Å². The molecule has 1 amide bonds. The second kappa shape index (κ2) is 7.72. The Bertz CT molecular complexity index is 754. The molecule has 0 N–H and O–H groups in total. The minimum absolute atomic E-state index is 0.342. The Labute approximate surface area is 136 Å². The molecule has 2 heterocycles. The maximum absolute atomic E-state index is 11.8. The summed E-state index contributed by atoms with van der Waals surface area (Å²) in [4.78, 5) is 24.2. The number of halogens is 2. The summed E-state index contributed by atoms with van der Waals surface area (Å²) in [5, 5.41) is 3.43. The fourth-order valence-corrected chi connectivity index (χ4v) is 1.89. The highest BCUT2D eigenvalue weighted by molar-refractivity contribution is 6.82. The van der Waals surface area contributed by atoms with Crippen molar-refractivity contribution in [2.75, 3.05) is 7.11 Å². The van der Waals surface area contributed by atoms with Crippen LogP contribution in [-0.2, 0) is 16.2 Å². The van der Waals surface area contributed by atoms with Crippen LogP contribution in [0.3, 0.4) is 0 Å². The molecule has 6 nitrogen and oxygen atoms in total. The van der Waals surface area contributed by atoms with Gasteiger partial charge in [-0.25, -0.2) is 4.98 Å². The molecule has 0 spiro atoms. The van der Waals surface area contributed by atoms with E-state index in [9.17, 15) is 4.79 Å². The van der Waals surface area contributed by atoms with Gasteiger partial charge in [0.25, 0.3) is 0 Å². The Morgan fingerprint density at radius 3 is 2.86 bits per heavy atom. The van der Waals surface area contributed by atoms with Crippen molar-refractivity contribution in [3.05, 3.63) is 58.9 Å². The fourth-order valence-electron chi connectivity index (χ4n) is 1.67. The van der Waals surface area contributed by atoms with E-state index in [1.807, 2.05) is 12.1 Å². The van der Waals surface area contributed by atoms with Crippen LogP contribution in [0, 0.1) is 0 Å². The van der Waals surface area contributed by atoms with Crippen LogP contribution < -0.4 is 5.49 Å². The number of rotatable bonds is 4. The topological polar surface area (TPSA) is 68.8 Å². The number of hydrogen-bond acceptors (Lipinski definition) is 4. The van der Waals surface area contributed by atoms with Crippen LogP contribution in [0.5, 0.6) is 0 Å². The minimum Gasteiger partial charge on any atom is -0.398 e. The molecule has 2 aromatic heterocycles. The van der Waals surface area contributed by atoms with Gasteiger partial charge in [-0.1, -0.05) is 40.5 Å². The molecule has 0 saturated carbocycles. The number of amides is 1. The van der Waals surface area contributed by atoms with Crippen molar-refractivity contribution in [3.63, 3.8) is 0 Å². The average Bonchev–Trinajstić information content (AvgIpc) is 2.51. The molecule has 0 aliphatic carbocycles. The summed E-state index contributed by atoms with van der Waals surface area (Å²) in [5.41, 5.74) is 1.35. The van der Waals surface area contributed by atoms with Gasteiger partial charge in [0.15, 0.2) is 0 Å². The first-order chi connectivity index (χ1) is 10.6. The number of carbonyl (C=O) groups excluding carboxylic acids is 1. The highest BCUT2D eigenvalue weighted by atomic mass is 35.5. The number of pyridine rings is 2. The number of oxime groups is 1. The predicted octanol–water partition coefficient (Wildman–Crippen LogP) is 2.21. The summed E-state index contributed by atoms with van der Waals surface area (Å²) in [6.45, 7) is 0.482. The largest absolute Gasteiger partial charge is 0.398 e. The van der Waals surface area contributed by atoms with Crippen molar-refractivity contribution < 1.29 is 9.63 Å². The van der Waals surface area contributed by atoms with Gasteiger partial charge in [-0.15, -0.1) is 0 Å². The molecule has 0 fully saturated rings. The van der Waals surface area contributed by atoms with Gasteiger partial charge in [0.1, 0.15) is 17.8 Å². The van der Waals surface area contributed by atoms with E-state index in [1.54, 1.807) is 35.2 Å². The van der Waals surface area contributed by atoms with Gasteiger partial charge in [0.2, 0.25) is 5.17 Å². The van der Waals surface area contributed by atoms with Crippen molar-refractivity contribution in [1.82, 2.24) is 9.55 Å². The minimum atomic E-state index is -0.683. The number of nitrogens with zero attached hydrogens (tertiary/aromatic N) is 4. The summed E-state index contributed by atoms with van der Waals surface area (Å²) in [7, 11) is 1.30. The monoisotopic (exact) mass is 338 g/mol. The maximum atomic E-state index is 11.8. The van der Waals surface area contributed by atoms with Crippen LogP contribution in [0.4, 0.5) is 0 Å². The molecule has 0 saturated heterocycles. The molecule has 0 radical (unpaired) electrons. The van der Waals surface area contributed by atoms with E-state index in [0.717, 1.165) is 5.56 Å². The molecule has 2 aromatic rings. The van der Waals surface area contributed by atoms with Crippen LogP contribution in [0.2, 0.25) is 5.15 Å². The highest BCUT2D eigenvalue weighted by Gasteiger charge is 2.08. The smallest absolute Gasteiger partial charge is 0.312 e. The van der Waals surface area contributed by atoms with Crippen LogP contribution in [-0.4, -0.2) is 27.7 Å². The summed E-state index contributed by atoms with van der Waals surface area (Å²) in [6, 6.07) is 8.84. The first kappa shape index (κ1) is 16.2. The van der Waals surface area contributed by atoms with E-state index >= 15 is 0 Å². The van der Waals surface area contributed by atoms with Gasteiger partial charge in [0.05, 0.1) is 6.54 Å². The molecule has 0 aliphatic heterocycles. The molecular formula is C14H12Cl2N4O2. The van der Waals surface area contributed by atoms with Gasteiger partial charge in [0, 0.05) is 12.4 Å². The molecule has 0 bridgehead atoms. The predicted molar refractivity (Wildman–Crippen MR) is 83.6 cm³/mol. The zero-order valence-corrected chi connectivity index (χ0v) is 13.1. The van der Waals surface area contributed by atoms with Crippen molar-refractivity contribution in [3.8, 4) is 0 Å². The van der Waals surface area contributed by atoms with Crippen LogP contribution in [0.15, 0.2) is 52.9 Å². The number of aromatic nitrogens is 2. The molecule has 0 atom stereocenters. The summed E-state index contributed by atoms with van der Waals surface area (Å²) < 4.78 is 1.78. The van der Waals surface area contributed by atoms with Gasteiger partial charge in [-0.05, 0) is 23.8 Å². The lowest BCUT2D eigenvalue weighted by atomic mass is 10.3. The summed E-state index contributed by atoms with van der Waals surface area (Å²) in [5.74, 6) is -0.683. The lowest BCUT2D eigenvalue weighted by Crippen LogP contribution is -2.23. The van der Waals surface area contributed by atoms with Gasteiger partial charge in [-0.2, -0.15) is 4.99 Å².